The maximum absolute atomic E-state index is 12.2. The molecule has 0 aliphatic heterocycles. The Hall–Kier alpha value is -3.04. The summed E-state index contributed by atoms with van der Waals surface area (Å²) >= 11 is 0. The lowest BCUT2D eigenvalue weighted by molar-refractivity contribution is -0.105. The van der Waals surface area contributed by atoms with Gasteiger partial charge in [-0.05, 0) is 116 Å². The maximum atomic E-state index is 12.2. The lowest BCUT2D eigenvalue weighted by Gasteiger charge is -2.33. The molecule has 2 aromatic rings. The van der Waals surface area contributed by atoms with Crippen LogP contribution in [0.25, 0.3) is 10.8 Å². The van der Waals surface area contributed by atoms with Crippen LogP contribution in [0, 0.1) is 23.7 Å². The number of hydrogen-bond acceptors (Lipinski definition) is 6. The molecular formula is C42H62F2O6. The van der Waals surface area contributed by atoms with Crippen LogP contribution in [0.4, 0.5) is 8.78 Å². The van der Waals surface area contributed by atoms with E-state index >= 15 is 0 Å². The molecule has 2 N–H and O–H groups in total. The van der Waals surface area contributed by atoms with Gasteiger partial charge in [0.1, 0.15) is 12.6 Å². The molecule has 2 aliphatic carbocycles. The van der Waals surface area contributed by atoms with Crippen molar-refractivity contribution in [2.75, 3.05) is 40.6 Å². The van der Waals surface area contributed by atoms with Crippen molar-refractivity contribution in [3.63, 3.8) is 0 Å². The van der Waals surface area contributed by atoms with Gasteiger partial charge >= 0.3 is 0 Å². The molecule has 0 unspecified atom stereocenters. The van der Waals surface area contributed by atoms with Crippen LogP contribution in [0.1, 0.15) is 94.6 Å². The molecule has 0 radical (unpaired) electrons. The number of ether oxygens (including phenoxy) is 2. The van der Waals surface area contributed by atoms with Gasteiger partial charge in [0.05, 0.1) is 19.8 Å². The molecule has 4 rings (SSSR count). The van der Waals surface area contributed by atoms with Gasteiger partial charge in [0.25, 0.3) is 6.08 Å². The van der Waals surface area contributed by atoms with Crippen molar-refractivity contribution in [1.29, 1.82) is 0 Å². The molecule has 50 heavy (non-hydrogen) atoms. The Balaban J connectivity index is 0.000000825. The Bertz CT molecular complexity index is 1250. The van der Waals surface area contributed by atoms with Gasteiger partial charge in [-0.3, -0.25) is 9.59 Å². The highest BCUT2D eigenvalue weighted by molar-refractivity contribution is 5.84. The summed E-state index contributed by atoms with van der Waals surface area (Å²) in [6.45, 7) is 9.57. The summed E-state index contributed by atoms with van der Waals surface area (Å²) in [6, 6.07) is 14.2. The van der Waals surface area contributed by atoms with Gasteiger partial charge in [0.2, 0.25) is 0 Å². The summed E-state index contributed by atoms with van der Waals surface area (Å²) in [5.41, 5.74) is 3.15. The highest BCUT2D eigenvalue weighted by atomic mass is 19.3. The lowest BCUT2D eigenvalue weighted by atomic mass is 9.74. The van der Waals surface area contributed by atoms with Crippen LogP contribution in [-0.4, -0.2) is 63.4 Å². The normalized spacial score (nSPS) is 19.8. The van der Waals surface area contributed by atoms with Crippen LogP contribution in [0.2, 0.25) is 0 Å². The number of benzene rings is 2. The van der Waals surface area contributed by atoms with Gasteiger partial charge in [-0.2, -0.15) is 8.78 Å². The van der Waals surface area contributed by atoms with E-state index in [1.807, 2.05) is 0 Å². The van der Waals surface area contributed by atoms with E-state index in [4.69, 9.17) is 24.5 Å². The fraction of sp³-hybridized carbons (Fsp3) is 0.571. The Morgan fingerprint density at radius 1 is 0.880 bits per heavy atom. The number of halogens is 2. The quantitative estimate of drug-likeness (QED) is 0.142. The van der Waals surface area contributed by atoms with Gasteiger partial charge in [-0.1, -0.05) is 75.2 Å². The lowest BCUT2D eigenvalue weighted by Crippen LogP contribution is -2.27. The fourth-order valence-electron chi connectivity index (χ4n) is 7.04. The number of carbonyl (C=O) groups excluding carboxylic acids is 2. The zero-order chi connectivity index (χ0) is 37.1. The van der Waals surface area contributed by atoms with Crippen molar-refractivity contribution in [1.82, 2.24) is 0 Å². The molecular weight excluding hydrogens is 638 g/mol. The number of rotatable bonds is 15. The van der Waals surface area contributed by atoms with Crippen LogP contribution in [0.3, 0.4) is 0 Å². The minimum absolute atomic E-state index is 0.218. The van der Waals surface area contributed by atoms with E-state index in [1.54, 1.807) is 21.1 Å². The summed E-state index contributed by atoms with van der Waals surface area (Å²) in [5.74, 6) is 3.29. The standard InChI is InChI=1S/C33H46F2O2.C4H6O2.C3H4O.C2H6O/c1-36-22-32(23-37-2)28-16-14-27(15-17-28)30-19-18-29-20-26(12-13-31(29)21-30)11-10-25-8-6-24(7-9-25)4-3-5-33(34)35;1-4(2-5)3-6;1-2-3-4;1-2-3/h5,12-13,18-21,24-25,27-28,32H,3-4,6-11,14-17,22-23H2,1-2H3;2,6H,1,3H2;2-3H,1H2;3H,2H2,1H3. The predicted octanol–water partition coefficient (Wildman–Crippen LogP) is 9.43. The van der Waals surface area contributed by atoms with Gasteiger partial charge in [-0.15, -0.1) is 0 Å². The average molecular weight is 701 g/mol. The second-order valence-corrected chi connectivity index (χ2v) is 13.3. The molecule has 0 amide bonds. The molecule has 8 heteroatoms. The Morgan fingerprint density at radius 3 is 1.90 bits per heavy atom. The topological polar surface area (TPSA) is 93.1 Å². The van der Waals surface area contributed by atoms with Gasteiger partial charge in [0.15, 0.2) is 0 Å². The maximum Gasteiger partial charge on any atom is 0.266 e. The van der Waals surface area contributed by atoms with E-state index in [0.29, 0.717) is 42.7 Å². The van der Waals surface area contributed by atoms with Crippen LogP contribution in [0.5, 0.6) is 0 Å². The molecule has 0 spiro atoms. The largest absolute Gasteiger partial charge is 0.397 e. The second kappa shape index (κ2) is 27.7. The minimum atomic E-state index is -1.53. The summed E-state index contributed by atoms with van der Waals surface area (Å²) in [4.78, 5) is 18.5. The zero-order valence-electron chi connectivity index (χ0n) is 30.7. The fourth-order valence-corrected chi connectivity index (χ4v) is 7.04. The van der Waals surface area contributed by atoms with Crippen molar-refractivity contribution in [2.45, 2.75) is 89.9 Å². The molecule has 0 atom stereocenters. The van der Waals surface area contributed by atoms with E-state index in [0.717, 1.165) is 38.0 Å². The Kier molecular flexibility index (Phi) is 24.9. The molecule has 2 fully saturated rings. The monoisotopic (exact) mass is 700 g/mol. The first kappa shape index (κ1) is 45.0. The van der Waals surface area contributed by atoms with E-state index in [9.17, 15) is 13.6 Å². The third kappa shape index (κ3) is 18.3. The molecule has 2 saturated carbocycles. The number of hydrogen-bond donors (Lipinski definition) is 2. The third-order valence-corrected chi connectivity index (χ3v) is 9.75. The van der Waals surface area contributed by atoms with Crippen molar-refractivity contribution >= 4 is 23.3 Å². The summed E-state index contributed by atoms with van der Waals surface area (Å²) in [5, 5.41) is 18.3. The van der Waals surface area contributed by atoms with Crippen molar-refractivity contribution < 1.29 is 38.1 Å². The highest BCUT2D eigenvalue weighted by Crippen LogP contribution is 2.40. The molecule has 2 aliphatic rings. The summed E-state index contributed by atoms with van der Waals surface area (Å²) in [6.07, 6.45) is 15.7. The van der Waals surface area contributed by atoms with Gasteiger partial charge in [0, 0.05) is 32.3 Å². The van der Waals surface area contributed by atoms with Gasteiger partial charge in [-0.25, -0.2) is 0 Å². The summed E-state index contributed by atoms with van der Waals surface area (Å²) in [7, 11) is 3.59. The smallest absolute Gasteiger partial charge is 0.266 e. The van der Waals surface area contributed by atoms with E-state index in [2.05, 4.69) is 49.6 Å². The predicted molar refractivity (Wildman–Crippen MR) is 201 cm³/mol. The number of methoxy groups -OCH3 is 2. The van der Waals surface area contributed by atoms with Gasteiger partial charge < -0.3 is 19.7 Å². The molecule has 280 valence electrons. The second-order valence-electron chi connectivity index (χ2n) is 13.3. The van der Waals surface area contributed by atoms with E-state index in [1.165, 1.54) is 85.8 Å². The van der Waals surface area contributed by atoms with Crippen LogP contribution in [-0.2, 0) is 25.5 Å². The molecule has 0 aromatic heterocycles. The molecule has 0 bridgehead atoms. The number of aliphatic hydroxyl groups excluding tert-OH is 2. The highest BCUT2D eigenvalue weighted by Gasteiger charge is 2.28. The molecule has 0 heterocycles. The Morgan fingerprint density at radius 2 is 1.42 bits per heavy atom. The number of allylic oxidation sites excluding steroid dienone is 2. The van der Waals surface area contributed by atoms with Crippen LogP contribution in [0.15, 0.2) is 73.4 Å². The molecule has 6 nitrogen and oxygen atoms in total. The molecule has 2 aromatic carbocycles. The van der Waals surface area contributed by atoms with Crippen LogP contribution >= 0.6 is 0 Å². The zero-order valence-corrected chi connectivity index (χ0v) is 30.7. The SMILES string of the molecule is C=C(C=O)CO.C=CC=O.CCO.COCC(COC)C1CCC(c2ccc3cc(CCC4CCC(CCC=C(F)F)CC4)ccc3c2)CC1. The number of carbonyl (C=O) groups is 2. The third-order valence-electron chi connectivity index (χ3n) is 9.75. The first-order chi connectivity index (χ1) is 24.2. The Labute approximate surface area is 299 Å². The van der Waals surface area contributed by atoms with Crippen LogP contribution < -0.4 is 0 Å². The van der Waals surface area contributed by atoms with E-state index < -0.39 is 6.08 Å². The number of aliphatic hydroxyl groups is 2. The first-order valence-electron chi connectivity index (χ1n) is 18.1. The number of aldehydes is 2. The summed E-state index contributed by atoms with van der Waals surface area (Å²) < 4.78 is 35.4. The number of aryl methyl sites for hydroxylation is 1. The van der Waals surface area contributed by atoms with E-state index in [-0.39, 0.29) is 18.8 Å². The van der Waals surface area contributed by atoms with Crippen molar-refractivity contribution in [3.8, 4) is 0 Å². The average Bonchev–Trinajstić information content (AvgIpc) is 3.14. The first-order valence-corrected chi connectivity index (χ1v) is 18.1. The van der Waals surface area contributed by atoms with Crippen molar-refractivity contribution in [2.24, 2.45) is 23.7 Å². The minimum Gasteiger partial charge on any atom is -0.397 e. The number of fused-ring (bicyclic) bond motifs is 1. The van der Waals surface area contributed by atoms with Crippen molar-refractivity contribution in [3.05, 3.63) is 84.5 Å². The molecule has 0 saturated heterocycles.